The fourth-order valence-corrected chi connectivity index (χ4v) is 4.68. The molecule has 2 heterocycles. The van der Waals surface area contributed by atoms with Crippen molar-refractivity contribution >= 4 is 15.8 Å². The Hall–Kier alpha value is -3.08. The van der Waals surface area contributed by atoms with Crippen molar-refractivity contribution in [2.75, 3.05) is 4.72 Å². The third kappa shape index (κ3) is 4.11. The maximum atomic E-state index is 14.7. The number of sulfonamides is 1. The third-order valence-electron chi connectivity index (χ3n) is 5.05. The van der Waals surface area contributed by atoms with Crippen LogP contribution in [0.5, 0.6) is 5.75 Å². The van der Waals surface area contributed by atoms with Crippen molar-refractivity contribution in [2.45, 2.75) is 42.6 Å². The van der Waals surface area contributed by atoms with Gasteiger partial charge in [-0.1, -0.05) is 6.42 Å². The second kappa shape index (κ2) is 8.34. The first-order valence-electron chi connectivity index (χ1n) is 9.38. The van der Waals surface area contributed by atoms with Crippen molar-refractivity contribution < 1.29 is 21.9 Å². The molecule has 30 heavy (non-hydrogen) atoms. The van der Waals surface area contributed by atoms with E-state index in [0.717, 1.165) is 43.3 Å². The number of halogens is 2. The number of ether oxygens (including phenoxy) is 1. The molecule has 158 valence electrons. The van der Waals surface area contributed by atoms with Crippen molar-refractivity contribution in [3.8, 4) is 5.75 Å². The van der Waals surface area contributed by atoms with E-state index < -0.39 is 26.6 Å². The summed E-state index contributed by atoms with van der Waals surface area (Å²) in [6.45, 7) is 0. The predicted octanol–water partition coefficient (Wildman–Crippen LogP) is 3.38. The molecule has 0 bridgehead atoms. The maximum Gasteiger partial charge on any atom is 0.266 e. The van der Waals surface area contributed by atoms with Gasteiger partial charge in [-0.25, -0.2) is 22.8 Å². The molecule has 3 aromatic rings. The second-order valence-corrected chi connectivity index (χ2v) is 8.62. The summed E-state index contributed by atoms with van der Waals surface area (Å²) in [6.07, 6.45) is 8.94. The molecule has 2 N–H and O–H groups in total. The van der Waals surface area contributed by atoms with E-state index in [0.29, 0.717) is 6.42 Å². The van der Waals surface area contributed by atoms with Gasteiger partial charge in [-0.3, -0.25) is 9.82 Å². The Morgan fingerprint density at radius 2 is 1.97 bits per heavy atom. The lowest BCUT2D eigenvalue weighted by Crippen LogP contribution is -2.29. The van der Waals surface area contributed by atoms with E-state index in [1.54, 1.807) is 12.4 Å². The van der Waals surface area contributed by atoms with Crippen LogP contribution in [0.15, 0.2) is 48.0 Å². The number of hydrogen-bond acceptors (Lipinski definition) is 6. The SMILES string of the molecule is O=S(=O)(Nc1ccncn1)c1ccc(O[C@H]2CCCC[C@@H]2c2cn[nH]c2)c(F)c1F. The summed E-state index contributed by atoms with van der Waals surface area (Å²) in [5.74, 6) is -3.26. The molecule has 4 rings (SSSR count). The standard InChI is InChI=1S/C19H19F2N5O3S/c20-18-15(29-14-4-2-1-3-13(14)12-9-24-25-10-12)5-6-16(19(18)21)30(27,28)26-17-7-8-22-11-23-17/h5-11,13-14H,1-4H2,(H,24,25)(H,22,23,26)/t13-,14+/m1/s1. The van der Waals surface area contributed by atoms with E-state index in [9.17, 15) is 17.2 Å². The van der Waals surface area contributed by atoms with E-state index >= 15 is 0 Å². The van der Waals surface area contributed by atoms with E-state index in [-0.39, 0.29) is 23.6 Å². The summed E-state index contributed by atoms with van der Waals surface area (Å²) in [7, 11) is -4.39. The maximum absolute atomic E-state index is 14.7. The van der Waals surface area contributed by atoms with Gasteiger partial charge in [0, 0.05) is 18.3 Å². The molecule has 11 heteroatoms. The number of nitrogens with zero attached hydrogens (tertiary/aromatic N) is 3. The normalized spacial score (nSPS) is 19.4. The highest BCUT2D eigenvalue weighted by molar-refractivity contribution is 7.92. The van der Waals surface area contributed by atoms with Gasteiger partial charge in [0.2, 0.25) is 5.82 Å². The van der Waals surface area contributed by atoms with Crippen LogP contribution in [0.4, 0.5) is 14.6 Å². The average molecular weight is 435 g/mol. The van der Waals surface area contributed by atoms with Crippen molar-refractivity contribution in [3.63, 3.8) is 0 Å². The molecule has 0 spiro atoms. The lowest BCUT2D eigenvalue weighted by atomic mass is 9.83. The van der Waals surface area contributed by atoms with E-state index in [2.05, 4.69) is 24.9 Å². The van der Waals surface area contributed by atoms with Gasteiger partial charge >= 0.3 is 0 Å². The van der Waals surface area contributed by atoms with Crippen molar-refractivity contribution in [2.24, 2.45) is 0 Å². The van der Waals surface area contributed by atoms with E-state index in [1.165, 1.54) is 12.3 Å². The van der Waals surface area contributed by atoms with Gasteiger partial charge in [-0.2, -0.15) is 9.49 Å². The molecule has 0 unspecified atom stereocenters. The minimum atomic E-state index is -4.39. The van der Waals surface area contributed by atoms with Gasteiger partial charge in [0.1, 0.15) is 23.1 Å². The summed E-state index contributed by atoms with van der Waals surface area (Å²) >= 11 is 0. The fraction of sp³-hybridized carbons (Fsp3) is 0.316. The summed E-state index contributed by atoms with van der Waals surface area (Å²) in [4.78, 5) is 6.56. The Labute approximate surface area is 171 Å². The highest BCUT2D eigenvalue weighted by atomic mass is 32.2. The first kappa shape index (κ1) is 20.2. The highest BCUT2D eigenvalue weighted by Crippen LogP contribution is 2.37. The molecule has 0 saturated heterocycles. The number of hydrogen-bond donors (Lipinski definition) is 2. The Morgan fingerprint density at radius 3 is 2.70 bits per heavy atom. The Morgan fingerprint density at radius 1 is 1.13 bits per heavy atom. The van der Waals surface area contributed by atoms with Crippen molar-refractivity contribution in [3.05, 3.63) is 60.3 Å². The zero-order valence-corrected chi connectivity index (χ0v) is 16.6. The summed E-state index contributed by atoms with van der Waals surface area (Å²) in [5, 5.41) is 6.70. The number of aromatic nitrogens is 4. The summed E-state index contributed by atoms with van der Waals surface area (Å²) < 4.78 is 62.2. The zero-order valence-electron chi connectivity index (χ0n) is 15.8. The number of anilines is 1. The number of H-pyrrole nitrogens is 1. The number of rotatable bonds is 6. The fourth-order valence-electron chi connectivity index (χ4n) is 3.60. The van der Waals surface area contributed by atoms with Crippen LogP contribution < -0.4 is 9.46 Å². The molecule has 0 amide bonds. The van der Waals surface area contributed by atoms with Gasteiger partial charge in [0.25, 0.3) is 10.0 Å². The molecular weight excluding hydrogens is 416 g/mol. The molecule has 0 radical (unpaired) electrons. The quantitative estimate of drug-likeness (QED) is 0.614. The molecule has 2 atom stereocenters. The molecule has 1 aromatic carbocycles. The van der Waals surface area contributed by atoms with Crippen LogP contribution in [-0.2, 0) is 10.0 Å². The second-order valence-electron chi connectivity index (χ2n) is 6.97. The topological polar surface area (TPSA) is 110 Å². The van der Waals surface area contributed by atoms with Crippen molar-refractivity contribution in [1.82, 2.24) is 20.2 Å². The van der Waals surface area contributed by atoms with Gasteiger partial charge < -0.3 is 4.74 Å². The van der Waals surface area contributed by atoms with Crippen LogP contribution >= 0.6 is 0 Å². The largest absolute Gasteiger partial charge is 0.487 e. The van der Waals surface area contributed by atoms with Gasteiger partial charge in [-0.15, -0.1) is 0 Å². The van der Waals surface area contributed by atoms with Crippen LogP contribution in [0.2, 0.25) is 0 Å². The number of aromatic amines is 1. The van der Waals surface area contributed by atoms with Crippen LogP contribution in [0.1, 0.15) is 37.2 Å². The number of nitrogens with one attached hydrogen (secondary N) is 2. The lowest BCUT2D eigenvalue weighted by molar-refractivity contribution is 0.123. The van der Waals surface area contributed by atoms with Crippen LogP contribution in [0.25, 0.3) is 0 Å². The molecule has 0 aliphatic heterocycles. The Bertz CT molecular complexity index is 1110. The van der Waals surface area contributed by atoms with E-state index in [4.69, 9.17) is 4.74 Å². The van der Waals surface area contributed by atoms with Gasteiger partial charge in [0.05, 0.1) is 6.20 Å². The predicted molar refractivity (Wildman–Crippen MR) is 103 cm³/mol. The Kier molecular flexibility index (Phi) is 5.62. The van der Waals surface area contributed by atoms with Crippen LogP contribution in [0, 0.1) is 11.6 Å². The molecule has 1 aliphatic carbocycles. The Balaban J connectivity index is 1.58. The minimum absolute atomic E-state index is 0.0113. The zero-order chi connectivity index (χ0) is 21.1. The summed E-state index contributed by atoms with van der Waals surface area (Å²) in [6, 6.07) is 3.41. The molecule has 1 aliphatic rings. The first-order valence-corrected chi connectivity index (χ1v) is 10.9. The molecule has 2 aromatic heterocycles. The van der Waals surface area contributed by atoms with Crippen LogP contribution in [0.3, 0.4) is 0 Å². The van der Waals surface area contributed by atoms with Crippen molar-refractivity contribution in [1.29, 1.82) is 0 Å². The lowest BCUT2D eigenvalue weighted by Gasteiger charge is -2.31. The minimum Gasteiger partial charge on any atom is -0.487 e. The summed E-state index contributed by atoms with van der Waals surface area (Å²) in [5.41, 5.74) is 0.939. The smallest absolute Gasteiger partial charge is 0.266 e. The van der Waals surface area contributed by atoms with Gasteiger partial charge in [-0.05, 0) is 43.0 Å². The van der Waals surface area contributed by atoms with Gasteiger partial charge in [0.15, 0.2) is 11.6 Å². The van der Waals surface area contributed by atoms with Crippen LogP contribution in [-0.4, -0.2) is 34.7 Å². The first-order chi connectivity index (χ1) is 14.5. The average Bonchev–Trinajstić information content (AvgIpc) is 3.27. The molecular formula is C19H19F2N5O3S. The monoisotopic (exact) mass is 435 g/mol. The third-order valence-corrected chi connectivity index (χ3v) is 6.42. The molecule has 8 nitrogen and oxygen atoms in total. The molecule has 1 saturated carbocycles. The number of benzene rings is 1. The molecule has 1 fully saturated rings. The van der Waals surface area contributed by atoms with E-state index in [1.807, 2.05) is 0 Å². The highest BCUT2D eigenvalue weighted by Gasteiger charge is 2.31.